The summed E-state index contributed by atoms with van der Waals surface area (Å²) in [4.78, 5) is 41.5. The Morgan fingerprint density at radius 1 is 1.21 bits per heavy atom. The van der Waals surface area contributed by atoms with Gasteiger partial charge in [0.15, 0.2) is 0 Å². The molecule has 0 saturated heterocycles. The van der Waals surface area contributed by atoms with Crippen molar-refractivity contribution in [1.82, 2.24) is 14.1 Å². The zero-order valence-corrected chi connectivity index (χ0v) is 16.4. The molecule has 0 aliphatic carbocycles. The highest BCUT2D eigenvalue weighted by Crippen LogP contribution is 2.28. The predicted octanol–water partition coefficient (Wildman–Crippen LogP) is 2.45. The van der Waals surface area contributed by atoms with Gasteiger partial charge in [-0.3, -0.25) is 23.7 Å². The third-order valence-corrected chi connectivity index (χ3v) is 4.86. The normalized spacial score (nSPS) is 11.2. The van der Waals surface area contributed by atoms with Crippen molar-refractivity contribution in [2.75, 3.05) is 7.11 Å². The van der Waals surface area contributed by atoms with Crippen molar-refractivity contribution in [2.45, 2.75) is 32.7 Å². The van der Waals surface area contributed by atoms with Crippen molar-refractivity contribution < 1.29 is 9.53 Å². The van der Waals surface area contributed by atoms with Crippen LogP contribution in [0.5, 0.6) is 0 Å². The van der Waals surface area contributed by atoms with Crippen molar-refractivity contribution >= 4 is 16.9 Å². The lowest BCUT2D eigenvalue weighted by Crippen LogP contribution is -2.39. The molecule has 0 amide bonds. The number of aryl methyl sites for hydroxylation is 1. The van der Waals surface area contributed by atoms with Crippen LogP contribution in [0.25, 0.3) is 22.2 Å². The quantitative estimate of drug-likeness (QED) is 0.634. The molecule has 1 aromatic carbocycles. The van der Waals surface area contributed by atoms with Crippen LogP contribution in [-0.2, 0) is 23.1 Å². The Balaban J connectivity index is 2.20. The second kappa shape index (κ2) is 7.80. The van der Waals surface area contributed by atoms with Crippen LogP contribution >= 0.6 is 0 Å². The van der Waals surface area contributed by atoms with E-state index in [1.54, 1.807) is 19.3 Å². The predicted molar refractivity (Wildman–Crippen MR) is 107 cm³/mol. The molecule has 3 rings (SSSR count). The third kappa shape index (κ3) is 3.47. The molecule has 0 aliphatic heterocycles. The SMILES string of the molecule is COC(=O)CCn1c(=O)c2cc(-c3ccccc3C(C)C)ncc2n(C)c1=O. The second-order valence-corrected chi connectivity index (χ2v) is 6.95. The maximum atomic E-state index is 13.0. The number of hydrogen-bond acceptors (Lipinski definition) is 5. The maximum absolute atomic E-state index is 13.0. The first-order valence-electron chi connectivity index (χ1n) is 9.10. The summed E-state index contributed by atoms with van der Waals surface area (Å²) >= 11 is 0. The Morgan fingerprint density at radius 3 is 2.61 bits per heavy atom. The number of hydrogen-bond donors (Lipinski definition) is 0. The fraction of sp³-hybridized carbons (Fsp3) is 0.333. The molecule has 0 aliphatic rings. The van der Waals surface area contributed by atoms with Gasteiger partial charge in [0, 0.05) is 19.2 Å². The number of nitrogens with zero attached hydrogens (tertiary/aromatic N) is 3. The third-order valence-electron chi connectivity index (χ3n) is 4.86. The molecule has 0 N–H and O–H groups in total. The van der Waals surface area contributed by atoms with Crippen LogP contribution in [-0.4, -0.2) is 27.2 Å². The number of benzene rings is 1. The average molecular weight is 381 g/mol. The molecule has 7 heteroatoms. The van der Waals surface area contributed by atoms with E-state index in [4.69, 9.17) is 0 Å². The average Bonchev–Trinajstić information content (AvgIpc) is 2.71. The zero-order valence-electron chi connectivity index (χ0n) is 16.4. The molecule has 0 fully saturated rings. The molecule has 0 unspecified atom stereocenters. The Morgan fingerprint density at radius 2 is 1.93 bits per heavy atom. The highest BCUT2D eigenvalue weighted by Gasteiger charge is 2.15. The number of aromatic nitrogens is 3. The number of methoxy groups -OCH3 is 1. The first-order valence-corrected chi connectivity index (χ1v) is 9.10. The van der Waals surface area contributed by atoms with E-state index in [1.807, 2.05) is 24.3 Å². The molecule has 0 bridgehead atoms. The van der Waals surface area contributed by atoms with E-state index >= 15 is 0 Å². The fourth-order valence-electron chi connectivity index (χ4n) is 3.29. The summed E-state index contributed by atoms with van der Waals surface area (Å²) in [5.74, 6) is -0.180. The van der Waals surface area contributed by atoms with Crippen molar-refractivity contribution in [1.29, 1.82) is 0 Å². The molecule has 3 aromatic rings. The fourth-order valence-corrected chi connectivity index (χ4v) is 3.29. The van der Waals surface area contributed by atoms with Gasteiger partial charge in [-0.1, -0.05) is 38.1 Å². The van der Waals surface area contributed by atoms with Crippen LogP contribution in [0.1, 0.15) is 31.7 Å². The first kappa shape index (κ1) is 19.5. The van der Waals surface area contributed by atoms with Crippen molar-refractivity contribution in [3.8, 4) is 11.3 Å². The second-order valence-electron chi connectivity index (χ2n) is 6.95. The van der Waals surface area contributed by atoms with E-state index < -0.39 is 17.2 Å². The van der Waals surface area contributed by atoms with Crippen molar-refractivity contribution in [3.63, 3.8) is 0 Å². The molecule has 0 radical (unpaired) electrons. The molecule has 146 valence electrons. The number of carbonyl (C=O) groups is 1. The topological polar surface area (TPSA) is 83.2 Å². The highest BCUT2D eigenvalue weighted by molar-refractivity contribution is 5.82. The summed E-state index contributed by atoms with van der Waals surface area (Å²) in [5, 5.41) is 0.385. The summed E-state index contributed by atoms with van der Waals surface area (Å²) in [6, 6.07) is 9.64. The van der Waals surface area contributed by atoms with Gasteiger partial charge < -0.3 is 4.74 Å². The number of carbonyl (C=O) groups excluding carboxylic acids is 1. The van der Waals surface area contributed by atoms with Crippen LogP contribution < -0.4 is 11.2 Å². The first-order chi connectivity index (χ1) is 13.3. The van der Waals surface area contributed by atoms with Gasteiger partial charge in [-0.2, -0.15) is 0 Å². The molecular weight excluding hydrogens is 358 g/mol. The minimum atomic E-state index is -0.487. The smallest absolute Gasteiger partial charge is 0.331 e. The summed E-state index contributed by atoms with van der Waals surface area (Å²) in [5.41, 5.74) is 2.28. The summed E-state index contributed by atoms with van der Waals surface area (Å²) in [6.45, 7) is 4.17. The molecule has 0 atom stereocenters. The Labute approximate surface area is 162 Å². The number of fused-ring (bicyclic) bond motifs is 1. The van der Waals surface area contributed by atoms with Crippen molar-refractivity contribution in [2.24, 2.45) is 7.05 Å². The van der Waals surface area contributed by atoms with Gasteiger partial charge in [-0.05, 0) is 17.5 Å². The minimum absolute atomic E-state index is 0.0334. The maximum Gasteiger partial charge on any atom is 0.331 e. The molecule has 2 aromatic heterocycles. The van der Waals surface area contributed by atoms with E-state index in [0.717, 1.165) is 15.7 Å². The van der Waals surface area contributed by atoms with Crippen LogP contribution in [0.4, 0.5) is 0 Å². The Bertz CT molecular complexity index is 1160. The molecule has 2 heterocycles. The van der Waals surface area contributed by atoms with Gasteiger partial charge in [0.25, 0.3) is 5.56 Å². The minimum Gasteiger partial charge on any atom is -0.469 e. The molecule has 28 heavy (non-hydrogen) atoms. The van der Waals surface area contributed by atoms with Gasteiger partial charge in [-0.15, -0.1) is 0 Å². The van der Waals surface area contributed by atoms with Gasteiger partial charge >= 0.3 is 11.7 Å². The van der Waals surface area contributed by atoms with E-state index in [-0.39, 0.29) is 13.0 Å². The van der Waals surface area contributed by atoms with Crippen molar-refractivity contribution in [3.05, 3.63) is 62.9 Å². The van der Waals surface area contributed by atoms with Gasteiger partial charge in [-0.25, -0.2) is 4.79 Å². The van der Waals surface area contributed by atoms with Crippen LogP contribution in [0, 0.1) is 0 Å². The van der Waals surface area contributed by atoms with E-state index in [2.05, 4.69) is 23.6 Å². The zero-order chi connectivity index (χ0) is 20.4. The van der Waals surface area contributed by atoms with Gasteiger partial charge in [0.1, 0.15) is 0 Å². The lowest BCUT2D eigenvalue weighted by molar-refractivity contribution is -0.140. The molecular formula is C21H23N3O4. The number of esters is 1. The van der Waals surface area contributed by atoms with Crippen LogP contribution in [0.15, 0.2) is 46.1 Å². The number of rotatable bonds is 5. The Kier molecular flexibility index (Phi) is 5.44. The summed E-state index contributed by atoms with van der Waals surface area (Å²) < 4.78 is 7.05. The van der Waals surface area contributed by atoms with E-state index in [0.29, 0.717) is 22.5 Å². The Hall–Kier alpha value is -3.22. The lowest BCUT2D eigenvalue weighted by atomic mass is 9.95. The largest absolute Gasteiger partial charge is 0.469 e. The standard InChI is InChI=1S/C21H23N3O4/c1-13(2)14-7-5-6-8-15(14)17-11-16-18(12-22-17)23(3)21(27)24(20(16)26)10-9-19(25)28-4/h5-8,11-13H,9-10H2,1-4H3. The monoisotopic (exact) mass is 381 g/mol. The van der Waals surface area contributed by atoms with Gasteiger partial charge in [0.2, 0.25) is 0 Å². The number of ether oxygens (including phenoxy) is 1. The van der Waals surface area contributed by atoms with E-state index in [1.165, 1.54) is 11.7 Å². The molecule has 0 saturated carbocycles. The van der Waals surface area contributed by atoms with Crippen LogP contribution in [0.2, 0.25) is 0 Å². The van der Waals surface area contributed by atoms with E-state index in [9.17, 15) is 14.4 Å². The summed E-state index contributed by atoms with van der Waals surface area (Å²) in [6.07, 6.45) is 1.50. The van der Waals surface area contributed by atoms with Gasteiger partial charge in [0.05, 0.1) is 36.3 Å². The van der Waals surface area contributed by atoms with Crippen LogP contribution in [0.3, 0.4) is 0 Å². The lowest BCUT2D eigenvalue weighted by Gasteiger charge is -2.14. The molecule has 0 spiro atoms. The highest BCUT2D eigenvalue weighted by atomic mass is 16.5. The number of pyridine rings is 1. The summed E-state index contributed by atoms with van der Waals surface area (Å²) in [7, 11) is 2.86. The molecule has 7 nitrogen and oxygen atoms in total.